The Morgan fingerprint density at radius 2 is 1.81 bits per heavy atom. The molecule has 5 atom stereocenters. The van der Waals surface area contributed by atoms with Gasteiger partial charge in [0.15, 0.2) is 10.7 Å². The van der Waals surface area contributed by atoms with Gasteiger partial charge >= 0.3 is 6.09 Å². The number of ether oxygens (including phenoxy) is 3. The summed E-state index contributed by atoms with van der Waals surface area (Å²) in [5, 5.41) is 10.6. The SMILES string of the molecule is C=C[C@@H]1C[C@]1(NC(=O)[C@@H]1C[C@@H](Oc2nccc3cc(OC)ccc23)CN1C(=O)[C@@H](NC(=O)OC(C)(C)C)C(C)(C)C)C(=O)NS(=O)(=O)c1c(C)noc1C. The van der Waals surface area contributed by atoms with E-state index in [4.69, 9.17) is 18.7 Å². The standard InChI is InChI=1S/C37H48N6O10S/c1-11-23-18-37(23,33(46)42-54(48,49)28-20(2)41-53-21(28)3)40-30(44)27-17-25(51-31-26-13-12-24(50-10)16-22(26)14-15-38-31)19-43(27)32(45)29(35(4,5)6)39-34(47)52-36(7,8)9/h11-16,23,25,27,29H,1,17-19H2,2-10H3,(H,39,47)(H,40,44)(H,42,46)/t23-,25-,27+,29-,37-/m1/s1. The number of alkyl carbamates (subject to hydrolysis) is 1. The highest BCUT2D eigenvalue weighted by Gasteiger charge is 2.62. The van der Waals surface area contributed by atoms with Gasteiger partial charge in [0.2, 0.25) is 17.7 Å². The van der Waals surface area contributed by atoms with Crippen LogP contribution in [0.1, 0.15) is 65.8 Å². The van der Waals surface area contributed by atoms with Crippen LogP contribution in [0.15, 0.2) is 52.5 Å². The number of amides is 4. The smallest absolute Gasteiger partial charge is 0.408 e. The Morgan fingerprint density at radius 3 is 2.39 bits per heavy atom. The molecule has 5 rings (SSSR count). The van der Waals surface area contributed by atoms with Crippen molar-refractivity contribution >= 4 is 44.6 Å². The Kier molecular flexibility index (Phi) is 10.8. The van der Waals surface area contributed by atoms with E-state index in [0.29, 0.717) is 11.1 Å². The monoisotopic (exact) mass is 768 g/mol. The zero-order valence-electron chi connectivity index (χ0n) is 31.9. The van der Waals surface area contributed by atoms with Crippen molar-refractivity contribution < 1.29 is 46.3 Å². The number of methoxy groups -OCH3 is 1. The first-order valence-electron chi connectivity index (χ1n) is 17.4. The molecule has 3 aromatic rings. The number of carbonyl (C=O) groups is 4. The van der Waals surface area contributed by atoms with E-state index in [1.807, 2.05) is 6.07 Å². The van der Waals surface area contributed by atoms with Crippen molar-refractivity contribution in [1.29, 1.82) is 0 Å². The molecule has 2 fully saturated rings. The number of hydrogen-bond acceptors (Lipinski definition) is 12. The van der Waals surface area contributed by atoms with Gasteiger partial charge in [-0.15, -0.1) is 6.58 Å². The van der Waals surface area contributed by atoms with Gasteiger partial charge in [0.05, 0.1) is 13.7 Å². The summed E-state index contributed by atoms with van der Waals surface area (Å²) in [7, 11) is -2.88. The summed E-state index contributed by atoms with van der Waals surface area (Å²) in [6.07, 6.45) is 1.48. The normalized spacial score (nSPS) is 21.9. The fraction of sp³-hybridized carbons (Fsp3) is 0.514. The maximum absolute atomic E-state index is 14.5. The number of nitrogens with one attached hydrogen (secondary N) is 3. The molecule has 16 nitrogen and oxygen atoms in total. The molecule has 54 heavy (non-hydrogen) atoms. The lowest BCUT2D eigenvalue weighted by Gasteiger charge is -2.36. The van der Waals surface area contributed by atoms with E-state index in [-0.39, 0.29) is 41.6 Å². The number of fused-ring (bicyclic) bond motifs is 1. The van der Waals surface area contributed by atoms with Gasteiger partial charge < -0.3 is 34.3 Å². The number of aryl methyl sites for hydroxylation is 2. The number of benzene rings is 1. The Bertz CT molecular complexity index is 2070. The van der Waals surface area contributed by atoms with Crippen LogP contribution < -0.4 is 24.8 Å². The van der Waals surface area contributed by atoms with Gasteiger partial charge in [0.1, 0.15) is 40.8 Å². The minimum Gasteiger partial charge on any atom is -0.497 e. The highest BCUT2D eigenvalue weighted by molar-refractivity contribution is 7.90. The van der Waals surface area contributed by atoms with Crippen LogP contribution >= 0.6 is 0 Å². The predicted octanol–water partition coefficient (Wildman–Crippen LogP) is 3.70. The van der Waals surface area contributed by atoms with E-state index in [1.54, 1.807) is 73.0 Å². The number of rotatable bonds is 11. The third-order valence-corrected chi connectivity index (χ3v) is 10.9. The number of likely N-dealkylation sites (tertiary alicyclic amines) is 1. The van der Waals surface area contributed by atoms with Crippen molar-refractivity contribution in [2.24, 2.45) is 11.3 Å². The number of sulfonamides is 1. The highest BCUT2D eigenvalue weighted by Crippen LogP contribution is 2.45. The molecule has 292 valence electrons. The quantitative estimate of drug-likeness (QED) is 0.239. The van der Waals surface area contributed by atoms with E-state index < -0.39 is 74.5 Å². The van der Waals surface area contributed by atoms with Gasteiger partial charge in [0, 0.05) is 23.9 Å². The zero-order chi connectivity index (χ0) is 40.0. The van der Waals surface area contributed by atoms with E-state index in [2.05, 4.69) is 32.1 Å². The Labute approximate surface area is 314 Å². The van der Waals surface area contributed by atoms with Crippen LogP contribution in [0.25, 0.3) is 10.8 Å². The van der Waals surface area contributed by atoms with E-state index in [1.165, 1.54) is 24.8 Å². The lowest BCUT2D eigenvalue weighted by molar-refractivity contribution is -0.143. The van der Waals surface area contributed by atoms with Crippen molar-refractivity contribution in [3.05, 3.63) is 54.6 Å². The molecule has 1 aliphatic carbocycles. The number of hydrogen-bond donors (Lipinski definition) is 3. The van der Waals surface area contributed by atoms with E-state index >= 15 is 0 Å². The summed E-state index contributed by atoms with van der Waals surface area (Å²) in [4.78, 5) is 61.0. The first-order valence-corrected chi connectivity index (χ1v) is 18.9. The second-order valence-electron chi connectivity index (χ2n) is 15.7. The van der Waals surface area contributed by atoms with Crippen molar-refractivity contribution in [2.75, 3.05) is 13.7 Å². The first-order chi connectivity index (χ1) is 25.1. The van der Waals surface area contributed by atoms with Crippen molar-refractivity contribution in [3.63, 3.8) is 0 Å². The lowest BCUT2D eigenvalue weighted by Crippen LogP contribution is -2.60. The van der Waals surface area contributed by atoms with Gasteiger partial charge in [-0.2, -0.15) is 0 Å². The van der Waals surface area contributed by atoms with Crippen molar-refractivity contribution in [2.45, 2.75) is 102 Å². The second kappa shape index (κ2) is 14.6. The molecule has 1 aliphatic heterocycles. The summed E-state index contributed by atoms with van der Waals surface area (Å²) >= 11 is 0. The summed E-state index contributed by atoms with van der Waals surface area (Å²) in [5.74, 6) is -2.04. The van der Waals surface area contributed by atoms with Gasteiger partial charge in [-0.25, -0.2) is 22.9 Å². The first kappa shape index (κ1) is 40.0. The number of nitrogens with zero attached hydrogens (tertiary/aromatic N) is 3. The molecule has 1 saturated carbocycles. The molecule has 0 unspecified atom stereocenters. The number of aromatic nitrogens is 2. The van der Waals surface area contributed by atoms with Crippen LogP contribution in [-0.4, -0.2) is 90.3 Å². The van der Waals surface area contributed by atoms with Gasteiger partial charge in [-0.3, -0.25) is 14.4 Å². The van der Waals surface area contributed by atoms with Gasteiger partial charge in [-0.05, 0) is 76.1 Å². The molecule has 2 aromatic heterocycles. The molecule has 3 N–H and O–H groups in total. The fourth-order valence-electron chi connectivity index (χ4n) is 6.58. The van der Waals surface area contributed by atoms with Gasteiger partial charge in [0.25, 0.3) is 15.9 Å². The van der Waals surface area contributed by atoms with E-state index in [0.717, 1.165) is 5.39 Å². The Balaban J connectivity index is 1.46. The number of carbonyl (C=O) groups excluding carboxylic acids is 4. The third-order valence-electron chi connectivity index (χ3n) is 9.35. The molecule has 0 spiro atoms. The van der Waals surface area contributed by atoms with Crippen molar-refractivity contribution in [1.82, 2.24) is 30.4 Å². The zero-order valence-corrected chi connectivity index (χ0v) is 32.8. The van der Waals surface area contributed by atoms with Crippen LogP contribution in [0.5, 0.6) is 11.6 Å². The van der Waals surface area contributed by atoms with Crippen molar-refractivity contribution in [3.8, 4) is 11.6 Å². The summed E-state index contributed by atoms with van der Waals surface area (Å²) < 4.78 is 50.8. The molecule has 2 aliphatic rings. The lowest BCUT2D eigenvalue weighted by atomic mass is 9.85. The summed E-state index contributed by atoms with van der Waals surface area (Å²) in [5.41, 5.74) is -3.32. The molecule has 3 heterocycles. The minimum atomic E-state index is -4.44. The second-order valence-corrected chi connectivity index (χ2v) is 17.3. The molecule has 0 radical (unpaired) electrons. The summed E-state index contributed by atoms with van der Waals surface area (Å²) in [6.45, 7) is 16.9. The minimum absolute atomic E-state index is 0.0127. The maximum atomic E-state index is 14.5. The largest absolute Gasteiger partial charge is 0.497 e. The third kappa shape index (κ3) is 8.30. The molecule has 4 amide bonds. The molecule has 1 aromatic carbocycles. The predicted molar refractivity (Wildman–Crippen MR) is 196 cm³/mol. The van der Waals surface area contributed by atoms with E-state index in [9.17, 15) is 27.6 Å². The van der Waals surface area contributed by atoms with Crippen LogP contribution in [0.3, 0.4) is 0 Å². The van der Waals surface area contributed by atoms with Crippen LogP contribution in [0, 0.1) is 25.2 Å². The maximum Gasteiger partial charge on any atom is 0.408 e. The van der Waals surface area contributed by atoms with Crippen LogP contribution in [0.2, 0.25) is 0 Å². The van der Waals surface area contributed by atoms with Crippen LogP contribution in [0.4, 0.5) is 4.79 Å². The molecular formula is C37H48N6O10S. The average molecular weight is 769 g/mol. The Hall–Kier alpha value is -5.19. The van der Waals surface area contributed by atoms with Gasteiger partial charge in [-0.1, -0.05) is 32.0 Å². The Morgan fingerprint density at radius 1 is 1.11 bits per heavy atom. The number of pyridine rings is 1. The molecular weight excluding hydrogens is 721 g/mol. The van der Waals surface area contributed by atoms with Crippen LogP contribution in [-0.2, 0) is 29.1 Å². The summed E-state index contributed by atoms with van der Waals surface area (Å²) in [6, 6.07) is 4.81. The molecule has 1 saturated heterocycles. The highest BCUT2D eigenvalue weighted by atomic mass is 32.2. The molecule has 0 bridgehead atoms. The molecule has 17 heteroatoms. The average Bonchev–Trinajstić information content (AvgIpc) is 3.43. The topological polar surface area (TPSA) is 208 Å². The fourth-order valence-corrected chi connectivity index (χ4v) is 7.95.